The van der Waals surface area contributed by atoms with E-state index in [-0.39, 0.29) is 24.2 Å². The summed E-state index contributed by atoms with van der Waals surface area (Å²) >= 11 is 0. The van der Waals surface area contributed by atoms with Gasteiger partial charge in [0.2, 0.25) is 5.91 Å². The summed E-state index contributed by atoms with van der Waals surface area (Å²) in [4.78, 5) is 24.8. The lowest BCUT2D eigenvalue weighted by Gasteiger charge is -2.15. The van der Waals surface area contributed by atoms with Crippen LogP contribution < -0.4 is 4.90 Å². The zero-order valence-corrected chi connectivity index (χ0v) is 10.1. The highest BCUT2D eigenvalue weighted by molar-refractivity contribution is 5.98. The number of anilines is 1. The van der Waals surface area contributed by atoms with Crippen molar-refractivity contribution in [2.45, 2.75) is 13.3 Å². The number of hydrogen-bond acceptors (Lipinski definition) is 4. The normalized spacial score (nSPS) is 19.8. The van der Waals surface area contributed by atoms with Gasteiger partial charge in [-0.2, -0.15) is 5.10 Å². The number of carbonyl (C=O) groups excluding carboxylic acids is 2. The SMILES string of the molecule is COC(=O)C1CC(=O)N(c2cc(C)nn2C)C1. The lowest BCUT2D eigenvalue weighted by molar-refractivity contribution is -0.145. The molecule has 1 saturated heterocycles. The molecule has 0 aromatic carbocycles. The van der Waals surface area contributed by atoms with Crippen molar-refractivity contribution in [3.63, 3.8) is 0 Å². The molecule has 17 heavy (non-hydrogen) atoms. The van der Waals surface area contributed by atoms with E-state index in [9.17, 15) is 9.59 Å². The number of hydrogen-bond donors (Lipinski definition) is 0. The van der Waals surface area contributed by atoms with Crippen molar-refractivity contribution in [3.8, 4) is 0 Å². The highest BCUT2D eigenvalue weighted by Gasteiger charge is 2.36. The molecule has 0 radical (unpaired) electrons. The molecule has 0 N–H and O–H groups in total. The van der Waals surface area contributed by atoms with E-state index < -0.39 is 0 Å². The number of aryl methyl sites for hydroxylation is 2. The van der Waals surface area contributed by atoms with Crippen molar-refractivity contribution in [2.24, 2.45) is 13.0 Å². The lowest BCUT2D eigenvalue weighted by Crippen LogP contribution is -2.28. The van der Waals surface area contributed by atoms with Gasteiger partial charge in [-0.3, -0.25) is 19.2 Å². The third-order valence-electron chi connectivity index (χ3n) is 2.91. The molecular weight excluding hydrogens is 222 g/mol. The second-order valence-corrected chi connectivity index (χ2v) is 4.20. The van der Waals surface area contributed by atoms with Crippen LogP contribution in [0.15, 0.2) is 6.07 Å². The third kappa shape index (κ3) is 2.02. The van der Waals surface area contributed by atoms with Crippen molar-refractivity contribution in [2.75, 3.05) is 18.6 Å². The van der Waals surface area contributed by atoms with Gasteiger partial charge in [-0.05, 0) is 6.92 Å². The fraction of sp³-hybridized carbons (Fsp3) is 0.545. The molecule has 1 atom stereocenters. The maximum absolute atomic E-state index is 11.8. The highest BCUT2D eigenvalue weighted by Crippen LogP contribution is 2.25. The Labute approximate surface area is 99.1 Å². The Bertz CT molecular complexity index is 467. The number of aromatic nitrogens is 2. The van der Waals surface area contributed by atoms with Crippen LogP contribution in [0.2, 0.25) is 0 Å². The first-order valence-corrected chi connectivity index (χ1v) is 5.41. The van der Waals surface area contributed by atoms with Gasteiger partial charge in [0.1, 0.15) is 5.82 Å². The van der Waals surface area contributed by atoms with Gasteiger partial charge < -0.3 is 4.74 Å². The van der Waals surface area contributed by atoms with Crippen LogP contribution in [0, 0.1) is 12.8 Å². The Hall–Kier alpha value is -1.85. The summed E-state index contributed by atoms with van der Waals surface area (Å²) in [5.74, 6) is -0.0512. The van der Waals surface area contributed by atoms with Gasteiger partial charge in [0.15, 0.2) is 0 Å². The van der Waals surface area contributed by atoms with Crippen LogP contribution in [0.4, 0.5) is 5.82 Å². The molecule has 0 saturated carbocycles. The standard InChI is InChI=1S/C11H15N3O3/c1-7-4-9(13(2)12-7)14-6-8(5-10(14)15)11(16)17-3/h4,8H,5-6H2,1-3H3. The van der Waals surface area contributed by atoms with Crippen LogP contribution in [-0.2, 0) is 21.4 Å². The smallest absolute Gasteiger partial charge is 0.311 e. The molecule has 0 aliphatic carbocycles. The van der Waals surface area contributed by atoms with E-state index in [0.717, 1.165) is 11.5 Å². The number of amides is 1. The molecule has 0 spiro atoms. The highest BCUT2D eigenvalue weighted by atomic mass is 16.5. The first-order chi connectivity index (χ1) is 8.02. The number of esters is 1. The minimum atomic E-state index is -0.372. The van der Waals surface area contributed by atoms with E-state index in [2.05, 4.69) is 9.84 Å². The molecule has 1 aromatic heterocycles. The minimum absolute atomic E-state index is 0.0663. The molecule has 6 nitrogen and oxygen atoms in total. The van der Waals surface area contributed by atoms with Gasteiger partial charge in [0, 0.05) is 26.1 Å². The quantitative estimate of drug-likeness (QED) is 0.692. The zero-order valence-electron chi connectivity index (χ0n) is 10.1. The molecule has 1 amide bonds. The summed E-state index contributed by atoms with van der Waals surface area (Å²) in [6.07, 6.45) is 0.205. The van der Waals surface area contributed by atoms with Crippen molar-refractivity contribution in [3.05, 3.63) is 11.8 Å². The first kappa shape index (κ1) is 11.6. The van der Waals surface area contributed by atoms with E-state index in [1.807, 2.05) is 13.0 Å². The van der Waals surface area contributed by atoms with Crippen LogP contribution in [0.5, 0.6) is 0 Å². The zero-order chi connectivity index (χ0) is 12.6. The number of rotatable bonds is 2. The predicted molar refractivity (Wildman–Crippen MR) is 60.4 cm³/mol. The number of carbonyl (C=O) groups is 2. The molecule has 1 aliphatic rings. The summed E-state index contributed by atoms with van der Waals surface area (Å²) < 4.78 is 6.31. The van der Waals surface area contributed by atoms with Crippen molar-refractivity contribution in [1.82, 2.24) is 9.78 Å². The fourth-order valence-electron chi connectivity index (χ4n) is 2.10. The second kappa shape index (κ2) is 4.20. The Morgan fingerprint density at radius 1 is 1.59 bits per heavy atom. The molecule has 0 bridgehead atoms. The van der Waals surface area contributed by atoms with Crippen molar-refractivity contribution >= 4 is 17.7 Å². The van der Waals surface area contributed by atoms with Gasteiger partial charge in [-0.1, -0.05) is 0 Å². The maximum atomic E-state index is 11.8. The van der Waals surface area contributed by atoms with E-state index in [0.29, 0.717) is 6.54 Å². The van der Waals surface area contributed by atoms with Crippen molar-refractivity contribution < 1.29 is 14.3 Å². The lowest BCUT2D eigenvalue weighted by atomic mass is 10.1. The molecule has 2 rings (SSSR count). The van der Waals surface area contributed by atoms with Gasteiger partial charge in [0.05, 0.1) is 18.7 Å². The van der Waals surface area contributed by atoms with Crippen molar-refractivity contribution in [1.29, 1.82) is 0 Å². The molecule has 2 heterocycles. The monoisotopic (exact) mass is 237 g/mol. The van der Waals surface area contributed by atoms with E-state index >= 15 is 0 Å². The van der Waals surface area contributed by atoms with Crippen LogP contribution in [0.3, 0.4) is 0 Å². The molecule has 1 aliphatic heterocycles. The number of nitrogens with zero attached hydrogens (tertiary/aromatic N) is 3. The average Bonchev–Trinajstić information content (AvgIpc) is 2.80. The molecule has 92 valence electrons. The van der Waals surface area contributed by atoms with Crippen LogP contribution in [-0.4, -0.2) is 35.3 Å². The Balaban J connectivity index is 2.21. The van der Waals surface area contributed by atoms with Crippen LogP contribution in [0.25, 0.3) is 0 Å². The molecule has 6 heteroatoms. The summed E-state index contributed by atoms with van der Waals surface area (Å²) in [6.45, 7) is 2.23. The summed E-state index contributed by atoms with van der Waals surface area (Å²) in [7, 11) is 3.12. The largest absolute Gasteiger partial charge is 0.469 e. The van der Waals surface area contributed by atoms with Gasteiger partial charge in [0.25, 0.3) is 0 Å². The topological polar surface area (TPSA) is 64.4 Å². The number of ether oxygens (including phenoxy) is 1. The van der Waals surface area contributed by atoms with Gasteiger partial charge >= 0.3 is 5.97 Å². The van der Waals surface area contributed by atoms with E-state index in [1.54, 1.807) is 16.6 Å². The molecule has 1 fully saturated rings. The molecule has 1 unspecified atom stereocenters. The van der Waals surface area contributed by atoms with E-state index in [4.69, 9.17) is 0 Å². The first-order valence-electron chi connectivity index (χ1n) is 5.41. The van der Waals surface area contributed by atoms with Gasteiger partial charge in [-0.25, -0.2) is 0 Å². The summed E-state index contributed by atoms with van der Waals surface area (Å²) in [6, 6.07) is 1.83. The Morgan fingerprint density at radius 3 is 2.82 bits per heavy atom. The van der Waals surface area contributed by atoms with Crippen LogP contribution >= 0.6 is 0 Å². The van der Waals surface area contributed by atoms with Gasteiger partial charge in [-0.15, -0.1) is 0 Å². The molecular formula is C11H15N3O3. The predicted octanol–water partition coefficient (Wildman–Crippen LogP) is 0.254. The Kier molecular flexibility index (Phi) is 2.87. The third-order valence-corrected chi connectivity index (χ3v) is 2.91. The minimum Gasteiger partial charge on any atom is -0.469 e. The van der Waals surface area contributed by atoms with Crippen LogP contribution in [0.1, 0.15) is 12.1 Å². The Morgan fingerprint density at radius 2 is 2.29 bits per heavy atom. The summed E-state index contributed by atoms with van der Waals surface area (Å²) in [5, 5.41) is 4.19. The fourth-order valence-corrected chi connectivity index (χ4v) is 2.10. The van der Waals surface area contributed by atoms with E-state index in [1.165, 1.54) is 7.11 Å². The summed E-state index contributed by atoms with van der Waals surface area (Å²) in [5.41, 5.74) is 0.844. The molecule has 1 aromatic rings. The second-order valence-electron chi connectivity index (χ2n) is 4.20. The average molecular weight is 237 g/mol. The maximum Gasteiger partial charge on any atom is 0.311 e. The number of methoxy groups -OCH3 is 1.